The molecule has 0 fully saturated rings. The van der Waals surface area contributed by atoms with Crippen LogP contribution in [0.3, 0.4) is 0 Å². The summed E-state index contributed by atoms with van der Waals surface area (Å²) in [5.41, 5.74) is 9.03. The van der Waals surface area contributed by atoms with Gasteiger partial charge in [-0.1, -0.05) is 46.1 Å². The monoisotopic (exact) mass is 501 g/mol. The molecule has 0 amide bonds. The molecular weight excluding hydrogens is 470 g/mol. The summed E-state index contributed by atoms with van der Waals surface area (Å²) in [5, 5.41) is 13.2. The first kappa shape index (κ1) is 24.9. The van der Waals surface area contributed by atoms with Crippen LogP contribution in [-0.4, -0.2) is 30.1 Å². The molecule has 190 valence electrons. The second-order valence-corrected chi connectivity index (χ2v) is 10.2. The van der Waals surface area contributed by atoms with Gasteiger partial charge >= 0.3 is 0 Å². The van der Waals surface area contributed by atoms with E-state index in [1.54, 1.807) is 12.3 Å². The van der Waals surface area contributed by atoms with Gasteiger partial charge < -0.3 is 10.3 Å². The standard InChI is InChI=1S/C31H31N7/c1-7-20(12-22(8-2)35-19(3)31(4,5)6)26-14-24-29(18-34-26)37-38-30(24)27-13-23-25(16-33-17-28(23)36-27)21-10-9-11-32-15-21/h7-18,35-36H,2-3H2,1,4-6H3,(H,37,38)/b20-7+,22-12+. The van der Waals surface area contributed by atoms with Gasteiger partial charge in [0.15, 0.2) is 0 Å². The Morgan fingerprint density at radius 2 is 1.87 bits per heavy atom. The quantitative estimate of drug-likeness (QED) is 0.205. The Morgan fingerprint density at radius 3 is 2.58 bits per heavy atom. The highest BCUT2D eigenvalue weighted by atomic mass is 15.1. The van der Waals surface area contributed by atoms with Crippen molar-refractivity contribution >= 4 is 27.4 Å². The summed E-state index contributed by atoms with van der Waals surface area (Å²) in [6, 6.07) is 8.14. The molecule has 7 heteroatoms. The van der Waals surface area contributed by atoms with Crippen LogP contribution in [0, 0.1) is 5.41 Å². The summed E-state index contributed by atoms with van der Waals surface area (Å²) >= 11 is 0. The van der Waals surface area contributed by atoms with Crippen LogP contribution in [0.5, 0.6) is 0 Å². The first-order valence-corrected chi connectivity index (χ1v) is 12.5. The van der Waals surface area contributed by atoms with Crippen molar-refractivity contribution < 1.29 is 0 Å². The number of rotatable bonds is 7. The Kier molecular flexibility index (Phi) is 6.51. The van der Waals surface area contributed by atoms with Gasteiger partial charge in [0.25, 0.3) is 0 Å². The highest BCUT2D eigenvalue weighted by molar-refractivity contribution is 6.00. The van der Waals surface area contributed by atoms with Crippen LogP contribution in [-0.2, 0) is 0 Å². The maximum Gasteiger partial charge on any atom is 0.116 e. The Morgan fingerprint density at radius 1 is 1.03 bits per heavy atom. The third-order valence-corrected chi connectivity index (χ3v) is 6.56. The van der Waals surface area contributed by atoms with Gasteiger partial charge in [0.05, 0.1) is 34.8 Å². The van der Waals surface area contributed by atoms with Crippen molar-refractivity contribution in [3.05, 3.63) is 104 Å². The lowest BCUT2D eigenvalue weighted by molar-refractivity contribution is 0.478. The van der Waals surface area contributed by atoms with Crippen LogP contribution in [0.15, 0.2) is 98.0 Å². The van der Waals surface area contributed by atoms with Crippen LogP contribution in [0.1, 0.15) is 33.4 Å². The Balaban J connectivity index is 1.55. The van der Waals surface area contributed by atoms with E-state index < -0.39 is 0 Å². The molecule has 5 heterocycles. The minimum absolute atomic E-state index is 0.0764. The van der Waals surface area contributed by atoms with Gasteiger partial charge in [-0.05, 0) is 42.8 Å². The Bertz CT molecular complexity index is 1710. The van der Waals surface area contributed by atoms with Gasteiger partial charge in [0, 0.05) is 57.3 Å². The fourth-order valence-electron chi connectivity index (χ4n) is 4.19. The predicted molar refractivity (Wildman–Crippen MR) is 156 cm³/mol. The second-order valence-electron chi connectivity index (χ2n) is 10.2. The van der Waals surface area contributed by atoms with Crippen LogP contribution in [0.25, 0.3) is 49.9 Å². The first-order valence-electron chi connectivity index (χ1n) is 12.5. The van der Waals surface area contributed by atoms with Gasteiger partial charge in [-0.25, -0.2) is 0 Å². The highest BCUT2D eigenvalue weighted by Gasteiger charge is 2.17. The van der Waals surface area contributed by atoms with Crippen molar-refractivity contribution in [3.63, 3.8) is 0 Å². The molecule has 0 unspecified atom stereocenters. The van der Waals surface area contributed by atoms with Gasteiger partial charge in [-0.2, -0.15) is 5.10 Å². The largest absolute Gasteiger partial charge is 0.359 e. The fraction of sp³-hybridized carbons (Fsp3) is 0.161. The molecule has 5 aromatic rings. The van der Waals surface area contributed by atoms with Gasteiger partial charge in [0.1, 0.15) is 5.69 Å². The van der Waals surface area contributed by atoms with Crippen LogP contribution in [0.4, 0.5) is 0 Å². The molecule has 38 heavy (non-hydrogen) atoms. The molecule has 0 aliphatic heterocycles. The molecule has 0 spiro atoms. The third kappa shape index (κ3) is 4.78. The zero-order valence-corrected chi connectivity index (χ0v) is 22.1. The minimum Gasteiger partial charge on any atom is -0.359 e. The number of H-pyrrole nitrogens is 2. The molecule has 0 aliphatic rings. The van der Waals surface area contributed by atoms with Gasteiger partial charge in [0.2, 0.25) is 0 Å². The van der Waals surface area contributed by atoms with Crippen LogP contribution >= 0.6 is 0 Å². The van der Waals surface area contributed by atoms with E-state index in [0.29, 0.717) is 0 Å². The second kappa shape index (κ2) is 9.94. The molecule has 0 radical (unpaired) electrons. The summed E-state index contributed by atoms with van der Waals surface area (Å²) in [7, 11) is 0. The molecule has 7 nitrogen and oxygen atoms in total. The lowest BCUT2D eigenvalue weighted by Gasteiger charge is -2.23. The topological polar surface area (TPSA) is 95.2 Å². The summed E-state index contributed by atoms with van der Waals surface area (Å²) in [6.45, 7) is 16.5. The first-order chi connectivity index (χ1) is 18.3. The summed E-state index contributed by atoms with van der Waals surface area (Å²) in [6.07, 6.45) is 15.0. The zero-order valence-electron chi connectivity index (χ0n) is 22.1. The molecule has 5 rings (SSSR count). The number of nitrogens with one attached hydrogen (secondary N) is 3. The van der Waals surface area contributed by atoms with Crippen molar-refractivity contribution in [1.82, 2.24) is 35.5 Å². The number of allylic oxidation sites excluding steroid dienone is 5. The number of nitrogens with zero attached hydrogens (tertiary/aromatic N) is 4. The molecule has 0 aromatic carbocycles. The zero-order chi connectivity index (χ0) is 26.9. The summed E-state index contributed by atoms with van der Waals surface area (Å²) in [4.78, 5) is 16.9. The third-order valence-electron chi connectivity index (χ3n) is 6.56. The van der Waals surface area contributed by atoms with E-state index in [1.165, 1.54) is 0 Å². The smallest absolute Gasteiger partial charge is 0.116 e. The van der Waals surface area contributed by atoms with E-state index in [1.807, 2.05) is 56.0 Å². The Hall–Kier alpha value is -4.78. The lowest BCUT2D eigenvalue weighted by atomic mass is 9.92. The van der Waals surface area contributed by atoms with E-state index in [-0.39, 0.29) is 5.41 Å². The maximum atomic E-state index is 4.70. The Labute approximate surface area is 222 Å². The average Bonchev–Trinajstić information content (AvgIpc) is 3.54. The van der Waals surface area contributed by atoms with E-state index in [4.69, 9.17) is 4.98 Å². The number of fused-ring (bicyclic) bond motifs is 2. The number of hydrogen-bond acceptors (Lipinski definition) is 5. The predicted octanol–water partition coefficient (Wildman–Crippen LogP) is 7.19. The molecular formula is C31H31N7. The van der Waals surface area contributed by atoms with Crippen LogP contribution < -0.4 is 5.32 Å². The molecule has 0 saturated heterocycles. The number of hydrogen-bond donors (Lipinski definition) is 3. The van der Waals surface area contributed by atoms with E-state index >= 15 is 0 Å². The summed E-state index contributed by atoms with van der Waals surface area (Å²) < 4.78 is 0. The van der Waals surface area contributed by atoms with Crippen LogP contribution in [0.2, 0.25) is 0 Å². The minimum atomic E-state index is -0.0764. The molecule has 0 atom stereocenters. The maximum absolute atomic E-state index is 4.70. The van der Waals surface area contributed by atoms with E-state index in [2.05, 4.69) is 76.5 Å². The summed E-state index contributed by atoms with van der Waals surface area (Å²) in [5.74, 6) is 0. The van der Waals surface area contributed by atoms with Crippen molar-refractivity contribution in [3.8, 4) is 22.5 Å². The SMILES string of the molecule is C=C/C(=C\C(=C/C)c1cc2c(-c3cc4c(-c5cccnc5)cncc4[nH]3)n[nH]c2cn1)NC(=C)C(C)(C)C. The van der Waals surface area contributed by atoms with Crippen molar-refractivity contribution in [1.29, 1.82) is 0 Å². The average molecular weight is 502 g/mol. The van der Waals surface area contributed by atoms with Gasteiger partial charge in [-0.3, -0.25) is 20.1 Å². The van der Waals surface area contributed by atoms with Gasteiger partial charge in [-0.15, -0.1) is 0 Å². The molecule has 0 bridgehead atoms. The highest BCUT2D eigenvalue weighted by Crippen LogP contribution is 2.34. The van der Waals surface area contributed by atoms with E-state index in [9.17, 15) is 0 Å². The molecule has 3 N–H and O–H groups in total. The molecule has 0 saturated carbocycles. The van der Waals surface area contributed by atoms with E-state index in [0.717, 1.165) is 67.0 Å². The molecule has 5 aromatic heterocycles. The fourth-order valence-corrected chi connectivity index (χ4v) is 4.19. The number of pyridine rings is 3. The molecule has 0 aliphatic carbocycles. The number of aromatic nitrogens is 6. The number of aromatic amines is 2. The van der Waals surface area contributed by atoms with Crippen molar-refractivity contribution in [2.75, 3.05) is 0 Å². The normalized spacial score (nSPS) is 12.7. The lowest BCUT2D eigenvalue weighted by Crippen LogP contribution is -2.22. The van der Waals surface area contributed by atoms with Crippen molar-refractivity contribution in [2.24, 2.45) is 5.41 Å². The van der Waals surface area contributed by atoms with Crippen molar-refractivity contribution in [2.45, 2.75) is 27.7 Å².